The van der Waals surface area contributed by atoms with E-state index in [1.54, 1.807) is 0 Å². The molecular formula is C52H41NO2. The molecule has 0 aliphatic heterocycles. The van der Waals surface area contributed by atoms with Crippen LogP contribution in [0, 0.1) is 0 Å². The molecule has 266 valence electrons. The summed E-state index contributed by atoms with van der Waals surface area (Å²) in [5.74, 6) is 0.604. The van der Waals surface area contributed by atoms with E-state index in [1.165, 1.54) is 70.7 Å². The fourth-order valence-electron chi connectivity index (χ4n) is 9.69. The van der Waals surface area contributed by atoms with Gasteiger partial charge in [-0.25, -0.2) is 0 Å². The molecule has 1 unspecified atom stereocenters. The fraction of sp³-hybridized carbons (Fsp3) is 0.154. The number of hydrogen-bond donors (Lipinski definition) is 0. The van der Waals surface area contributed by atoms with E-state index in [4.69, 9.17) is 8.83 Å². The summed E-state index contributed by atoms with van der Waals surface area (Å²) in [5, 5.41) is 7.34. The lowest BCUT2D eigenvalue weighted by molar-refractivity contribution is 0.445. The Morgan fingerprint density at radius 2 is 1.18 bits per heavy atom. The fourth-order valence-corrected chi connectivity index (χ4v) is 9.69. The van der Waals surface area contributed by atoms with Crippen LogP contribution in [0.4, 0.5) is 11.4 Å². The number of rotatable bonds is 6. The van der Waals surface area contributed by atoms with Crippen molar-refractivity contribution in [1.82, 2.24) is 0 Å². The monoisotopic (exact) mass is 711 g/mol. The van der Waals surface area contributed by atoms with Crippen LogP contribution < -0.4 is 4.90 Å². The van der Waals surface area contributed by atoms with Crippen molar-refractivity contribution in [3.8, 4) is 11.1 Å². The number of fused-ring (bicyclic) bond motifs is 7. The Morgan fingerprint density at radius 3 is 2.04 bits per heavy atom. The molecule has 55 heavy (non-hydrogen) atoms. The molecule has 3 nitrogen and oxygen atoms in total. The second-order valence-corrected chi connectivity index (χ2v) is 15.4. The summed E-state index contributed by atoms with van der Waals surface area (Å²) in [4.78, 5) is 2.54. The summed E-state index contributed by atoms with van der Waals surface area (Å²) < 4.78 is 12.8. The van der Waals surface area contributed by atoms with Gasteiger partial charge in [-0.1, -0.05) is 135 Å². The topological polar surface area (TPSA) is 29.5 Å². The van der Waals surface area contributed by atoms with E-state index < -0.39 is 0 Å². The van der Waals surface area contributed by atoms with Gasteiger partial charge in [0.05, 0.1) is 6.04 Å². The first-order valence-corrected chi connectivity index (χ1v) is 19.9. The molecule has 0 amide bonds. The molecule has 0 saturated heterocycles. The maximum atomic E-state index is 6.50. The van der Waals surface area contributed by atoms with E-state index >= 15 is 0 Å². The van der Waals surface area contributed by atoms with Crippen molar-refractivity contribution in [3.05, 3.63) is 175 Å². The SMILES string of the molecule is C1=CCC(N(c2ccc(-c3cccc4oc5ccccc5c34)cc2)c2ccc3c(c2)oc2ccccc23)C(c2cccc3cccc(C4CCCCC4)c23)=C1. The van der Waals surface area contributed by atoms with Crippen molar-refractivity contribution < 1.29 is 8.83 Å². The number of allylic oxidation sites excluding steroid dienone is 2. The minimum absolute atomic E-state index is 0.0592. The Morgan fingerprint density at radius 1 is 0.509 bits per heavy atom. The van der Waals surface area contributed by atoms with Crippen LogP contribution in [0.1, 0.15) is 55.6 Å². The highest BCUT2D eigenvalue weighted by Gasteiger charge is 2.29. The van der Waals surface area contributed by atoms with E-state index in [0.717, 1.165) is 61.7 Å². The van der Waals surface area contributed by atoms with Crippen molar-refractivity contribution in [2.75, 3.05) is 4.90 Å². The lowest BCUT2D eigenvalue weighted by atomic mass is 9.79. The van der Waals surface area contributed by atoms with Crippen LogP contribution >= 0.6 is 0 Å². The van der Waals surface area contributed by atoms with Crippen LogP contribution in [-0.4, -0.2) is 6.04 Å². The first-order chi connectivity index (χ1) is 27.3. The number of benzene rings is 7. The predicted molar refractivity (Wildman–Crippen MR) is 230 cm³/mol. The van der Waals surface area contributed by atoms with Gasteiger partial charge in [0.2, 0.25) is 0 Å². The molecule has 1 atom stereocenters. The van der Waals surface area contributed by atoms with Crippen molar-refractivity contribution >= 4 is 71.6 Å². The van der Waals surface area contributed by atoms with Gasteiger partial charge in [-0.15, -0.1) is 0 Å². The van der Waals surface area contributed by atoms with Gasteiger partial charge in [-0.05, 0) is 106 Å². The Balaban J connectivity index is 1.08. The molecule has 0 N–H and O–H groups in total. The highest BCUT2D eigenvalue weighted by atomic mass is 16.3. The molecule has 7 aromatic carbocycles. The van der Waals surface area contributed by atoms with Gasteiger partial charge >= 0.3 is 0 Å². The molecule has 1 fully saturated rings. The second kappa shape index (κ2) is 13.2. The molecule has 2 aromatic heterocycles. The van der Waals surface area contributed by atoms with E-state index in [-0.39, 0.29) is 6.04 Å². The molecule has 2 aliphatic carbocycles. The van der Waals surface area contributed by atoms with Crippen molar-refractivity contribution in [1.29, 1.82) is 0 Å². The van der Waals surface area contributed by atoms with Crippen molar-refractivity contribution in [3.63, 3.8) is 0 Å². The standard InChI is InChI=1S/C52H41NO2/c1-2-13-34(14-3-1)39-20-10-15-36-16-11-22-44(51(36)39)41-17-4-7-23-46(41)53(38-31-32-43-42-18-5-8-24-47(42)55-50(43)33-38)37-29-27-35(28-30-37)40-21-12-26-49-52(40)45-19-6-9-25-48(45)54-49/h4-12,15-22,24-34,46H,1-3,13-14,23H2. The van der Waals surface area contributed by atoms with E-state index in [1.807, 2.05) is 12.1 Å². The summed E-state index contributed by atoms with van der Waals surface area (Å²) in [6, 6.07) is 52.9. The lowest BCUT2D eigenvalue weighted by Crippen LogP contribution is -2.33. The van der Waals surface area contributed by atoms with E-state index in [9.17, 15) is 0 Å². The first-order valence-electron chi connectivity index (χ1n) is 19.9. The minimum atomic E-state index is 0.0592. The molecule has 0 radical (unpaired) electrons. The third-order valence-corrected chi connectivity index (χ3v) is 12.2. The number of hydrogen-bond acceptors (Lipinski definition) is 3. The molecule has 0 bridgehead atoms. The van der Waals surface area contributed by atoms with Crippen LogP contribution in [-0.2, 0) is 0 Å². The maximum Gasteiger partial charge on any atom is 0.137 e. The Kier molecular flexibility index (Phi) is 7.72. The Labute approximate surface area is 320 Å². The summed E-state index contributed by atoms with van der Waals surface area (Å²) in [5.41, 5.74) is 12.5. The number of para-hydroxylation sites is 2. The van der Waals surface area contributed by atoms with Gasteiger partial charge in [0.15, 0.2) is 0 Å². The Hall–Kier alpha value is -6.32. The lowest BCUT2D eigenvalue weighted by Gasteiger charge is -2.37. The summed E-state index contributed by atoms with van der Waals surface area (Å²) >= 11 is 0. The van der Waals surface area contributed by atoms with E-state index in [2.05, 4.69) is 157 Å². The summed E-state index contributed by atoms with van der Waals surface area (Å²) in [7, 11) is 0. The van der Waals surface area contributed by atoms with Gasteiger partial charge in [0, 0.05) is 39.0 Å². The van der Waals surface area contributed by atoms with Crippen LogP contribution in [0.25, 0.3) is 71.3 Å². The van der Waals surface area contributed by atoms with Gasteiger partial charge in [0.25, 0.3) is 0 Å². The maximum absolute atomic E-state index is 6.50. The highest BCUT2D eigenvalue weighted by molar-refractivity contribution is 6.12. The zero-order valence-corrected chi connectivity index (χ0v) is 30.7. The molecule has 3 heteroatoms. The second-order valence-electron chi connectivity index (χ2n) is 15.4. The molecule has 0 spiro atoms. The first kappa shape index (κ1) is 32.1. The predicted octanol–water partition coefficient (Wildman–Crippen LogP) is 14.9. The summed E-state index contributed by atoms with van der Waals surface area (Å²) in [6.45, 7) is 0. The average molecular weight is 712 g/mol. The Bertz CT molecular complexity index is 2950. The third kappa shape index (κ3) is 5.40. The number of nitrogens with zero attached hydrogens (tertiary/aromatic N) is 1. The van der Waals surface area contributed by atoms with Crippen LogP contribution in [0.15, 0.2) is 173 Å². The summed E-state index contributed by atoms with van der Waals surface area (Å²) in [6.07, 6.45) is 14.4. The third-order valence-electron chi connectivity index (χ3n) is 12.2. The zero-order chi connectivity index (χ0) is 36.3. The van der Waals surface area contributed by atoms with Crippen molar-refractivity contribution in [2.24, 2.45) is 0 Å². The van der Waals surface area contributed by atoms with Gasteiger partial charge in [-0.3, -0.25) is 0 Å². The molecule has 11 rings (SSSR count). The van der Waals surface area contributed by atoms with E-state index in [0.29, 0.717) is 5.92 Å². The minimum Gasteiger partial charge on any atom is -0.456 e. The molecule has 9 aromatic rings. The van der Waals surface area contributed by atoms with Gasteiger partial charge in [0.1, 0.15) is 22.3 Å². The average Bonchev–Trinajstić information content (AvgIpc) is 3.82. The van der Waals surface area contributed by atoms with Crippen LogP contribution in [0.3, 0.4) is 0 Å². The normalized spacial score (nSPS) is 16.4. The number of anilines is 2. The van der Waals surface area contributed by atoms with Gasteiger partial charge < -0.3 is 13.7 Å². The van der Waals surface area contributed by atoms with Crippen LogP contribution in [0.2, 0.25) is 0 Å². The highest BCUT2D eigenvalue weighted by Crippen LogP contribution is 2.45. The largest absolute Gasteiger partial charge is 0.456 e. The molecule has 2 heterocycles. The zero-order valence-electron chi connectivity index (χ0n) is 30.7. The molecule has 1 saturated carbocycles. The quantitative estimate of drug-likeness (QED) is 0.172. The van der Waals surface area contributed by atoms with Crippen molar-refractivity contribution in [2.45, 2.75) is 50.5 Å². The van der Waals surface area contributed by atoms with Gasteiger partial charge in [-0.2, -0.15) is 0 Å². The number of furan rings is 2. The van der Waals surface area contributed by atoms with Crippen LogP contribution in [0.5, 0.6) is 0 Å². The smallest absolute Gasteiger partial charge is 0.137 e. The molecule has 2 aliphatic rings. The molecular weight excluding hydrogens is 671 g/mol.